The summed E-state index contributed by atoms with van der Waals surface area (Å²) in [4.78, 5) is 15.7. The van der Waals surface area contributed by atoms with Gasteiger partial charge in [-0.1, -0.05) is 23.8 Å². The van der Waals surface area contributed by atoms with Gasteiger partial charge in [0.25, 0.3) is 0 Å². The fraction of sp³-hybridized carbons (Fsp3) is 0.312. The minimum atomic E-state index is -0.266. The number of nitrogens with zero attached hydrogens (tertiary/aromatic N) is 2. The Hall–Kier alpha value is -2.21. The summed E-state index contributed by atoms with van der Waals surface area (Å²) in [6, 6.07) is 6.20. The van der Waals surface area contributed by atoms with Crippen LogP contribution in [-0.4, -0.2) is 23.8 Å². The zero-order valence-electron chi connectivity index (χ0n) is 12.9. The lowest BCUT2D eigenvalue weighted by atomic mass is 10.1. The Labute approximate surface area is 134 Å². The Morgan fingerprint density at radius 1 is 1.45 bits per heavy atom. The lowest BCUT2D eigenvalue weighted by Gasteiger charge is -2.01. The molecule has 0 radical (unpaired) electrons. The molecule has 0 amide bonds. The van der Waals surface area contributed by atoms with Gasteiger partial charge < -0.3 is 4.74 Å². The average Bonchev–Trinajstić information content (AvgIpc) is 2.89. The van der Waals surface area contributed by atoms with Crippen LogP contribution in [-0.2, 0) is 16.0 Å². The van der Waals surface area contributed by atoms with Crippen molar-refractivity contribution in [1.82, 2.24) is 4.98 Å². The van der Waals surface area contributed by atoms with Crippen LogP contribution < -0.4 is 5.43 Å². The summed E-state index contributed by atoms with van der Waals surface area (Å²) in [5.41, 5.74) is 7.03. The van der Waals surface area contributed by atoms with E-state index in [0.717, 1.165) is 5.56 Å². The number of benzene rings is 1. The molecule has 0 saturated heterocycles. The minimum absolute atomic E-state index is 0.187. The van der Waals surface area contributed by atoms with E-state index < -0.39 is 0 Å². The van der Waals surface area contributed by atoms with Crippen molar-refractivity contribution in [2.75, 3.05) is 12.0 Å². The highest BCUT2D eigenvalue weighted by molar-refractivity contribution is 7.13. The van der Waals surface area contributed by atoms with Crippen molar-refractivity contribution in [3.63, 3.8) is 0 Å². The van der Waals surface area contributed by atoms with Gasteiger partial charge in [-0.15, -0.1) is 11.3 Å². The Balaban J connectivity index is 1.93. The summed E-state index contributed by atoms with van der Waals surface area (Å²) < 4.78 is 4.89. The average molecular weight is 317 g/mol. The third-order valence-corrected chi connectivity index (χ3v) is 3.77. The molecule has 0 aliphatic rings. The van der Waals surface area contributed by atoms with Gasteiger partial charge in [-0.25, -0.2) is 4.98 Å². The van der Waals surface area contributed by atoms with Crippen molar-refractivity contribution in [1.29, 1.82) is 0 Å². The maximum absolute atomic E-state index is 11.4. The first-order chi connectivity index (χ1) is 10.6. The maximum Gasteiger partial charge on any atom is 0.311 e. The van der Waals surface area contributed by atoms with Gasteiger partial charge in [-0.2, -0.15) is 5.10 Å². The van der Waals surface area contributed by atoms with Crippen LogP contribution in [0.25, 0.3) is 0 Å². The van der Waals surface area contributed by atoms with Crippen LogP contribution >= 0.6 is 11.3 Å². The molecule has 0 saturated carbocycles. The summed E-state index contributed by atoms with van der Waals surface area (Å²) in [5, 5.41) is 6.67. The lowest BCUT2D eigenvalue weighted by Crippen LogP contribution is -2.07. The fourth-order valence-corrected chi connectivity index (χ4v) is 2.59. The van der Waals surface area contributed by atoms with Gasteiger partial charge in [0.2, 0.25) is 5.13 Å². The van der Waals surface area contributed by atoms with E-state index in [0.29, 0.717) is 17.4 Å². The number of ether oxygens (including phenoxy) is 1. The number of aromatic nitrogens is 1. The van der Waals surface area contributed by atoms with Gasteiger partial charge in [0, 0.05) is 5.38 Å². The first-order valence-electron chi connectivity index (χ1n) is 7.05. The van der Waals surface area contributed by atoms with E-state index in [4.69, 9.17) is 4.74 Å². The maximum atomic E-state index is 11.4. The molecule has 0 bridgehead atoms. The van der Waals surface area contributed by atoms with Gasteiger partial charge in [-0.05, 0) is 31.9 Å². The van der Waals surface area contributed by atoms with Crippen LogP contribution in [0.15, 0.2) is 28.7 Å². The Morgan fingerprint density at radius 3 is 3.00 bits per heavy atom. The minimum Gasteiger partial charge on any atom is -0.466 e. The number of aryl methyl sites for hydroxylation is 2. The number of esters is 1. The molecule has 0 spiro atoms. The van der Waals surface area contributed by atoms with E-state index >= 15 is 0 Å². The number of anilines is 1. The normalized spacial score (nSPS) is 10.9. The van der Waals surface area contributed by atoms with E-state index in [1.165, 1.54) is 22.5 Å². The molecular formula is C16H19N3O2S. The second-order valence-corrected chi connectivity index (χ2v) is 5.71. The van der Waals surface area contributed by atoms with Crippen molar-refractivity contribution < 1.29 is 9.53 Å². The highest BCUT2D eigenvalue weighted by Gasteiger charge is 2.07. The van der Waals surface area contributed by atoms with E-state index in [2.05, 4.69) is 41.5 Å². The number of hydrogen-bond donors (Lipinski definition) is 1. The molecule has 1 N–H and O–H groups in total. The predicted octanol–water partition coefficient (Wildman–Crippen LogP) is 3.31. The smallest absolute Gasteiger partial charge is 0.311 e. The van der Waals surface area contributed by atoms with Gasteiger partial charge in [0.05, 0.1) is 24.9 Å². The van der Waals surface area contributed by atoms with E-state index in [1.54, 1.807) is 13.1 Å². The Morgan fingerprint density at radius 2 is 2.27 bits per heavy atom. The van der Waals surface area contributed by atoms with Crippen molar-refractivity contribution >= 4 is 28.7 Å². The van der Waals surface area contributed by atoms with Crippen LogP contribution in [0.1, 0.15) is 29.3 Å². The Bertz CT molecular complexity index is 680. The molecule has 1 aromatic heterocycles. The summed E-state index contributed by atoms with van der Waals surface area (Å²) in [5.74, 6) is -0.266. The highest BCUT2D eigenvalue weighted by atomic mass is 32.1. The summed E-state index contributed by atoms with van der Waals surface area (Å²) in [7, 11) is 0. The second kappa shape index (κ2) is 7.70. The number of carbonyl (C=O) groups is 1. The number of thiazole rings is 1. The van der Waals surface area contributed by atoms with Crippen LogP contribution in [0.2, 0.25) is 0 Å². The van der Waals surface area contributed by atoms with Crippen molar-refractivity contribution in [2.24, 2.45) is 5.10 Å². The van der Waals surface area contributed by atoms with Gasteiger partial charge >= 0.3 is 5.97 Å². The molecule has 0 fully saturated rings. The van der Waals surface area contributed by atoms with Gasteiger partial charge in [0.1, 0.15) is 0 Å². The van der Waals surface area contributed by atoms with Crippen molar-refractivity contribution in [3.8, 4) is 0 Å². The molecule has 0 atom stereocenters. The molecule has 2 rings (SSSR count). The zero-order valence-corrected chi connectivity index (χ0v) is 13.7. The van der Waals surface area contributed by atoms with Gasteiger partial charge in [-0.3, -0.25) is 10.2 Å². The SMILES string of the molecule is CCOC(=O)Cc1csc(NN=Cc2ccc(C)cc2C)n1. The number of hydrogen-bond acceptors (Lipinski definition) is 6. The molecule has 116 valence electrons. The molecule has 22 heavy (non-hydrogen) atoms. The molecule has 0 aliphatic heterocycles. The quantitative estimate of drug-likeness (QED) is 0.504. The monoisotopic (exact) mass is 317 g/mol. The van der Waals surface area contributed by atoms with Crippen LogP contribution in [0, 0.1) is 13.8 Å². The first kappa shape index (κ1) is 16.2. The largest absolute Gasteiger partial charge is 0.466 e. The first-order valence-corrected chi connectivity index (χ1v) is 7.93. The second-order valence-electron chi connectivity index (χ2n) is 4.86. The van der Waals surface area contributed by atoms with E-state index in [-0.39, 0.29) is 12.4 Å². The number of hydrazone groups is 1. The fourth-order valence-electron chi connectivity index (χ4n) is 1.93. The standard InChI is InChI=1S/C16H19N3O2S/c1-4-21-15(20)8-14-10-22-16(18-14)19-17-9-13-6-5-11(2)7-12(13)3/h5-7,9-10H,4,8H2,1-3H3,(H,18,19). The topological polar surface area (TPSA) is 63.6 Å². The van der Waals surface area contributed by atoms with Crippen LogP contribution in [0.4, 0.5) is 5.13 Å². The highest BCUT2D eigenvalue weighted by Crippen LogP contribution is 2.16. The number of rotatable bonds is 6. The van der Waals surface area contributed by atoms with Crippen LogP contribution in [0.3, 0.4) is 0 Å². The molecule has 2 aromatic rings. The van der Waals surface area contributed by atoms with Gasteiger partial charge in [0.15, 0.2) is 0 Å². The van der Waals surface area contributed by atoms with E-state index in [9.17, 15) is 4.79 Å². The summed E-state index contributed by atoms with van der Waals surface area (Å²) in [6.07, 6.45) is 1.95. The third-order valence-electron chi connectivity index (χ3n) is 2.97. The van der Waals surface area contributed by atoms with Crippen molar-refractivity contribution in [3.05, 3.63) is 46.0 Å². The molecule has 1 heterocycles. The molecule has 6 heteroatoms. The number of nitrogens with one attached hydrogen (secondary N) is 1. The predicted molar refractivity (Wildman–Crippen MR) is 89.6 cm³/mol. The zero-order chi connectivity index (χ0) is 15.9. The van der Waals surface area contributed by atoms with E-state index in [1.807, 2.05) is 11.4 Å². The lowest BCUT2D eigenvalue weighted by molar-refractivity contribution is -0.142. The molecular weight excluding hydrogens is 298 g/mol. The third kappa shape index (κ3) is 4.66. The van der Waals surface area contributed by atoms with Crippen LogP contribution in [0.5, 0.6) is 0 Å². The summed E-state index contributed by atoms with van der Waals surface area (Å²) >= 11 is 1.41. The Kier molecular flexibility index (Phi) is 5.66. The van der Waals surface area contributed by atoms with Crippen molar-refractivity contribution in [2.45, 2.75) is 27.2 Å². The molecule has 1 aromatic carbocycles. The summed E-state index contributed by atoms with van der Waals surface area (Å²) in [6.45, 7) is 6.28. The molecule has 0 aliphatic carbocycles. The molecule has 5 nitrogen and oxygen atoms in total. The number of carbonyl (C=O) groups excluding carboxylic acids is 1. The molecule has 0 unspecified atom stereocenters.